The van der Waals surface area contributed by atoms with Gasteiger partial charge in [0.05, 0.1) is 29.2 Å². The fraction of sp³-hybridized carbons (Fsp3) is 0.500. The molecule has 4 rings (SSSR count). The molecule has 1 amide bonds. The first-order chi connectivity index (χ1) is 16.7. The molecule has 1 saturated heterocycles. The fourth-order valence-electron chi connectivity index (χ4n) is 4.83. The van der Waals surface area contributed by atoms with Gasteiger partial charge in [0, 0.05) is 50.5 Å². The molecule has 9 heteroatoms. The third-order valence-electron chi connectivity index (χ3n) is 6.85. The summed E-state index contributed by atoms with van der Waals surface area (Å²) in [7, 11) is -1.77. The number of nitriles is 1. The second-order valence-electron chi connectivity index (χ2n) is 9.51. The van der Waals surface area contributed by atoms with Crippen molar-refractivity contribution in [1.29, 1.82) is 5.26 Å². The zero-order valence-corrected chi connectivity index (χ0v) is 21.6. The third-order valence-corrected chi connectivity index (χ3v) is 7.96. The van der Waals surface area contributed by atoms with Gasteiger partial charge >= 0.3 is 0 Å². The summed E-state index contributed by atoms with van der Waals surface area (Å²) in [6, 6.07) is 9.24. The molecule has 2 aliphatic rings. The number of carbonyl (C=O) groups excluding carboxylic acids is 1. The van der Waals surface area contributed by atoms with E-state index in [0.717, 1.165) is 35.2 Å². The number of aromatic nitrogens is 1. The Balaban J connectivity index is 1.73. The molecule has 0 bridgehead atoms. The lowest BCUT2D eigenvalue weighted by molar-refractivity contribution is -0.134. The topological polar surface area (TPSA) is 104 Å². The Kier molecular flexibility index (Phi) is 7.15. The van der Waals surface area contributed by atoms with Crippen LogP contribution in [0.15, 0.2) is 29.2 Å². The number of methoxy groups -OCH3 is 1. The molecule has 1 saturated carbocycles. The Morgan fingerprint density at radius 1 is 1.29 bits per heavy atom. The van der Waals surface area contributed by atoms with Crippen LogP contribution < -0.4 is 4.90 Å². The van der Waals surface area contributed by atoms with Gasteiger partial charge in [0.25, 0.3) is 0 Å². The number of carbonyl (C=O) groups is 1. The fourth-order valence-corrected chi connectivity index (χ4v) is 5.49. The summed E-state index contributed by atoms with van der Waals surface area (Å²) in [6.07, 6.45) is 3.60. The summed E-state index contributed by atoms with van der Waals surface area (Å²) in [5, 5.41) is 10.1. The van der Waals surface area contributed by atoms with Crippen LogP contribution >= 0.6 is 0 Å². The van der Waals surface area contributed by atoms with Crippen LogP contribution in [0.2, 0.25) is 0 Å². The molecule has 1 atom stereocenters. The van der Waals surface area contributed by atoms with Gasteiger partial charge in [0.1, 0.15) is 11.9 Å². The first-order valence-electron chi connectivity index (χ1n) is 11.9. The molecule has 35 heavy (non-hydrogen) atoms. The normalized spacial score (nSPS) is 18.4. The molecule has 2 aromatic rings. The van der Waals surface area contributed by atoms with Crippen molar-refractivity contribution in [2.24, 2.45) is 0 Å². The first-order valence-corrected chi connectivity index (χ1v) is 13.8. The van der Waals surface area contributed by atoms with Crippen LogP contribution in [0.5, 0.6) is 0 Å². The van der Waals surface area contributed by atoms with Crippen molar-refractivity contribution in [3.63, 3.8) is 0 Å². The van der Waals surface area contributed by atoms with Gasteiger partial charge in [-0.2, -0.15) is 5.26 Å². The molecular formula is C26H32N4O4S. The first kappa shape index (κ1) is 25.1. The van der Waals surface area contributed by atoms with Crippen molar-refractivity contribution in [1.82, 2.24) is 9.88 Å². The van der Waals surface area contributed by atoms with Crippen LogP contribution in [0.4, 0.5) is 5.82 Å². The van der Waals surface area contributed by atoms with E-state index in [1.54, 1.807) is 25.3 Å². The summed E-state index contributed by atoms with van der Waals surface area (Å²) in [5.41, 5.74) is 3.87. The highest BCUT2D eigenvalue weighted by Gasteiger charge is 2.34. The van der Waals surface area contributed by atoms with Crippen molar-refractivity contribution in [3.05, 3.63) is 41.1 Å². The molecule has 2 heterocycles. The summed E-state index contributed by atoms with van der Waals surface area (Å²) >= 11 is 0. The van der Waals surface area contributed by atoms with Gasteiger partial charge in [0.2, 0.25) is 5.91 Å². The largest absolute Gasteiger partial charge is 0.384 e. The van der Waals surface area contributed by atoms with E-state index in [0.29, 0.717) is 50.0 Å². The van der Waals surface area contributed by atoms with E-state index < -0.39 is 9.84 Å². The number of rotatable bonds is 7. The maximum absolute atomic E-state index is 12.6. The van der Waals surface area contributed by atoms with Gasteiger partial charge in [-0.3, -0.25) is 4.79 Å². The minimum absolute atomic E-state index is 0.0164. The molecule has 1 aromatic carbocycles. The molecule has 1 aliphatic carbocycles. The van der Waals surface area contributed by atoms with E-state index in [1.165, 1.54) is 6.26 Å². The zero-order chi connectivity index (χ0) is 25.3. The highest BCUT2D eigenvalue weighted by Crippen LogP contribution is 2.46. The smallest absolute Gasteiger partial charge is 0.225 e. The molecule has 8 nitrogen and oxygen atoms in total. The number of amides is 1. The quantitative estimate of drug-likeness (QED) is 0.579. The predicted octanol–water partition coefficient (Wildman–Crippen LogP) is 3.28. The lowest BCUT2D eigenvalue weighted by Gasteiger charge is -2.41. The predicted molar refractivity (Wildman–Crippen MR) is 134 cm³/mol. The van der Waals surface area contributed by atoms with Crippen molar-refractivity contribution in [2.75, 3.05) is 44.5 Å². The maximum Gasteiger partial charge on any atom is 0.225 e. The third kappa shape index (κ3) is 5.19. The number of sulfone groups is 1. The Morgan fingerprint density at radius 2 is 2.03 bits per heavy atom. The van der Waals surface area contributed by atoms with Gasteiger partial charge < -0.3 is 14.5 Å². The molecular weight excluding hydrogens is 464 g/mol. The number of piperazine rings is 1. The molecule has 186 valence electrons. The maximum atomic E-state index is 12.6. The number of hydrogen-bond acceptors (Lipinski definition) is 7. The minimum atomic E-state index is -3.36. The number of pyridine rings is 1. The van der Waals surface area contributed by atoms with E-state index in [2.05, 4.69) is 11.0 Å². The van der Waals surface area contributed by atoms with E-state index in [1.807, 2.05) is 24.8 Å². The second kappa shape index (κ2) is 9.96. The molecule has 0 unspecified atom stereocenters. The Hall–Kier alpha value is -2.96. The minimum Gasteiger partial charge on any atom is -0.384 e. The van der Waals surface area contributed by atoms with Gasteiger partial charge in [0.15, 0.2) is 9.84 Å². The number of ether oxygens (including phenoxy) is 1. The number of nitrogens with zero attached hydrogens (tertiary/aromatic N) is 4. The molecule has 2 fully saturated rings. The zero-order valence-electron chi connectivity index (χ0n) is 20.7. The van der Waals surface area contributed by atoms with Crippen LogP contribution in [0.25, 0.3) is 11.1 Å². The Bertz CT molecular complexity index is 1280. The van der Waals surface area contributed by atoms with Crippen LogP contribution in [-0.4, -0.2) is 69.9 Å². The average Bonchev–Trinajstić information content (AvgIpc) is 3.67. The molecule has 1 aliphatic heterocycles. The van der Waals surface area contributed by atoms with Gasteiger partial charge in [-0.25, -0.2) is 13.4 Å². The number of anilines is 1. The lowest BCUT2D eigenvalue weighted by atomic mass is 9.93. The van der Waals surface area contributed by atoms with Crippen LogP contribution in [0.1, 0.15) is 48.9 Å². The molecule has 0 N–H and O–H groups in total. The van der Waals surface area contributed by atoms with Crippen molar-refractivity contribution in [2.45, 2.75) is 50.0 Å². The highest BCUT2D eigenvalue weighted by molar-refractivity contribution is 7.90. The number of benzene rings is 1. The molecule has 0 spiro atoms. The van der Waals surface area contributed by atoms with Crippen molar-refractivity contribution < 1.29 is 17.9 Å². The Morgan fingerprint density at radius 3 is 2.63 bits per heavy atom. The summed E-state index contributed by atoms with van der Waals surface area (Å²) in [6.45, 7) is 6.09. The molecule has 0 radical (unpaired) electrons. The average molecular weight is 497 g/mol. The standard InChI is InChI=1S/C26H32N4O4S/c1-17-16-29(11-12-30(17)23(31)10-13-34-3)26-22(15-27)18(2)24(25(28-26)19-8-9-19)20-6-5-7-21(14-20)35(4,32)33/h5-7,14,17,19H,8-13,16H2,1-4H3/t17-/m1/s1. The SMILES string of the molecule is COCCC(=O)N1CCN(c2nc(C3CC3)c(-c3cccc(S(C)(=O)=O)c3)c(C)c2C#N)C[C@H]1C. The number of hydrogen-bond donors (Lipinski definition) is 0. The van der Waals surface area contributed by atoms with Crippen LogP contribution in [-0.2, 0) is 19.4 Å². The van der Waals surface area contributed by atoms with Crippen molar-refractivity contribution >= 4 is 21.6 Å². The van der Waals surface area contributed by atoms with E-state index in [4.69, 9.17) is 9.72 Å². The van der Waals surface area contributed by atoms with E-state index in [9.17, 15) is 18.5 Å². The highest BCUT2D eigenvalue weighted by atomic mass is 32.2. The lowest BCUT2D eigenvalue weighted by Crippen LogP contribution is -2.54. The second-order valence-corrected chi connectivity index (χ2v) is 11.5. The van der Waals surface area contributed by atoms with Gasteiger partial charge in [-0.05, 0) is 49.9 Å². The summed E-state index contributed by atoms with van der Waals surface area (Å²) in [4.78, 5) is 21.8. The van der Waals surface area contributed by atoms with Crippen LogP contribution in [0.3, 0.4) is 0 Å². The van der Waals surface area contributed by atoms with Crippen molar-refractivity contribution in [3.8, 4) is 17.2 Å². The Labute approximate surface area is 207 Å². The van der Waals surface area contributed by atoms with Crippen LogP contribution in [0, 0.1) is 18.3 Å². The van der Waals surface area contributed by atoms with E-state index >= 15 is 0 Å². The monoisotopic (exact) mass is 496 g/mol. The summed E-state index contributed by atoms with van der Waals surface area (Å²) < 4.78 is 29.4. The van der Waals surface area contributed by atoms with Gasteiger partial charge in [-0.1, -0.05) is 12.1 Å². The summed E-state index contributed by atoms with van der Waals surface area (Å²) in [5.74, 6) is 1.03. The van der Waals surface area contributed by atoms with E-state index in [-0.39, 0.29) is 16.8 Å². The van der Waals surface area contributed by atoms with Gasteiger partial charge in [-0.15, -0.1) is 0 Å². The molecule has 1 aromatic heterocycles.